The molecule has 3 aromatic rings. The average Bonchev–Trinajstić information content (AvgIpc) is 2.88. The summed E-state index contributed by atoms with van der Waals surface area (Å²) in [6.07, 6.45) is 2.53. The van der Waals surface area contributed by atoms with Crippen molar-refractivity contribution < 1.29 is 12.8 Å². The van der Waals surface area contributed by atoms with Crippen LogP contribution in [0.4, 0.5) is 0 Å². The molecule has 0 N–H and O–H groups in total. The topological polar surface area (TPSA) is 69.3 Å². The van der Waals surface area contributed by atoms with Crippen molar-refractivity contribution in [2.24, 2.45) is 0 Å². The van der Waals surface area contributed by atoms with Gasteiger partial charge in [0.2, 0.25) is 0 Å². The lowest BCUT2D eigenvalue weighted by molar-refractivity contribution is 0.504. The fourth-order valence-electron chi connectivity index (χ4n) is 2.39. The van der Waals surface area contributed by atoms with E-state index >= 15 is 0 Å². The zero-order chi connectivity index (χ0) is 16.6. The first-order valence-electron chi connectivity index (χ1n) is 6.94. The fraction of sp³-hybridized carbons (Fsp3) is 0.118. The molecule has 0 unspecified atom stereocenters. The Morgan fingerprint density at radius 3 is 2.35 bits per heavy atom. The van der Waals surface area contributed by atoms with Gasteiger partial charge in [0.15, 0.2) is 9.84 Å². The molecule has 0 aliphatic rings. The Morgan fingerprint density at radius 1 is 1.04 bits per heavy atom. The summed E-state index contributed by atoms with van der Waals surface area (Å²) < 4.78 is 29.6. The molecule has 0 saturated heterocycles. The fourth-order valence-corrected chi connectivity index (χ4v) is 3.02. The van der Waals surface area contributed by atoms with Gasteiger partial charge >= 0.3 is 5.76 Å². The van der Waals surface area contributed by atoms with Gasteiger partial charge in [-0.15, -0.1) is 0 Å². The van der Waals surface area contributed by atoms with Crippen LogP contribution in [0, 0.1) is 6.92 Å². The van der Waals surface area contributed by atoms with Gasteiger partial charge in [0.05, 0.1) is 16.3 Å². The van der Waals surface area contributed by atoms with Gasteiger partial charge in [0, 0.05) is 11.8 Å². The first kappa shape index (κ1) is 15.3. The number of hydrogen-bond acceptors (Lipinski definition) is 4. The summed E-state index contributed by atoms with van der Waals surface area (Å²) in [5.41, 5.74) is 2.99. The van der Waals surface area contributed by atoms with E-state index in [-0.39, 0.29) is 4.90 Å². The molecule has 0 amide bonds. The summed E-state index contributed by atoms with van der Waals surface area (Å²) in [5, 5.41) is 0. The standard InChI is InChI=1S/C17H15NO4S/c1-12-4-3-5-14(10-12)18-16(11-22-17(18)19)13-6-8-15(9-7-13)23(2,20)21/h3-11H,1-2H3. The van der Waals surface area contributed by atoms with Crippen LogP contribution in [0.5, 0.6) is 0 Å². The Hall–Kier alpha value is -2.60. The summed E-state index contributed by atoms with van der Waals surface area (Å²) in [6, 6.07) is 13.9. The molecular weight excluding hydrogens is 314 g/mol. The van der Waals surface area contributed by atoms with Crippen LogP contribution < -0.4 is 5.76 Å². The molecule has 0 atom stereocenters. The molecule has 0 spiro atoms. The third-order valence-corrected chi connectivity index (χ3v) is 4.66. The largest absolute Gasteiger partial charge is 0.424 e. The zero-order valence-electron chi connectivity index (χ0n) is 12.7. The van der Waals surface area contributed by atoms with Crippen LogP contribution in [0.1, 0.15) is 5.56 Å². The molecular formula is C17H15NO4S. The summed E-state index contributed by atoms with van der Waals surface area (Å²) in [5.74, 6) is -0.488. The maximum atomic E-state index is 12.1. The van der Waals surface area contributed by atoms with Crippen LogP contribution in [0.15, 0.2) is 68.9 Å². The number of benzene rings is 2. The van der Waals surface area contributed by atoms with Crippen LogP contribution in [0.25, 0.3) is 16.9 Å². The van der Waals surface area contributed by atoms with Gasteiger partial charge in [0.1, 0.15) is 6.26 Å². The maximum absolute atomic E-state index is 12.1. The van der Waals surface area contributed by atoms with Gasteiger partial charge in [-0.2, -0.15) is 0 Å². The molecule has 0 fully saturated rings. The predicted molar refractivity (Wildman–Crippen MR) is 87.6 cm³/mol. The molecule has 0 saturated carbocycles. The predicted octanol–water partition coefficient (Wildman–Crippen LogP) is 2.81. The van der Waals surface area contributed by atoms with Crippen LogP contribution in [-0.4, -0.2) is 19.2 Å². The van der Waals surface area contributed by atoms with Gasteiger partial charge in [-0.1, -0.05) is 24.3 Å². The molecule has 1 heterocycles. The second-order valence-corrected chi connectivity index (χ2v) is 7.37. The van der Waals surface area contributed by atoms with Gasteiger partial charge < -0.3 is 4.42 Å². The van der Waals surface area contributed by atoms with Crippen molar-refractivity contribution in [3.8, 4) is 16.9 Å². The van der Waals surface area contributed by atoms with E-state index in [0.717, 1.165) is 11.8 Å². The van der Waals surface area contributed by atoms with E-state index < -0.39 is 15.6 Å². The summed E-state index contributed by atoms with van der Waals surface area (Å²) in [4.78, 5) is 12.3. The number of nitrogens with zero attached hydrogens (tertiary/aromatic N) is 1. The molecule has 5 nitrogen and oxygen atoms in total. The minimum Gasteiger partial charge on any atom is -0.415 e. The lowest BCUT2D eigenvalue weighted by Crippen LogP contribution is -2.13. The highest BCUT2D eigenvalue weighted by molar-refractivity contribution is 7.90. The third-order valence-electron chi connectivity index (χ3n) is 3.53. The van der Waals surface area contributed by atoms with Crippen molar-refractivity contribution in [2.45, 2.75) is 11.8 Å². The van der Waals surface area contributed by atoms with E-state index in [2.05, 4.69) is 0 Å². The number of aromatic nitrogens is 1. The van der Waals surface area contributed by atoms with Crippen molar-refractivity contribution >= 4 is 9.84 Å². The lowest BCUT2D eigenvalue weighted by atomic mass is 10.1. The van der Waals surface area contributed by atoms with Crippen LogP contribution in [0.3, 0.4) is 0 Å². The van der Waals surface area contributed by atoms with E-state index in [1.54, 1.807) is 12.1 Å². The van der Waals surface area contributed by atoms with E-state index in [1.807, 2.05) is 31.2 Å². The van der Waals surface area contributed by atoms with Crippen molar-refractivity contribution in [1.82, 2.24) is 4.57 Å². The molecule has 0 aliphatic heterocycles. The third kappa shape index (κ3) is 2.98. The van der Waals surface area contributed by atoms with Gasteiger partial charge in [-0.05, 0) is 36.8 Å². The van der Waals surface area contributed by atoms with Crippen LogP contribution in [0.2, 0.25) is 0 Å². The van der Waals surface area contributed by atoms with E-state index in [1.165, 1.54) is 23.0 Å². The minimum absolute atomic E-state index is 0.231. The van der Waals surface area contributed by atoms with Crippen molar-refractivity contribution in [2.75, 3.05) is 6.26 Å². The second-order valence-electron chi connectivity index (χ2n) is 5.36. The summed E-state index contributed by atoms with van der Waals surface area (Å²) >= 11 is 0. The van der Waals surface area contributed by atoms with Crippen molar-refractivity contribution in [3.05, 3.63) is 70.9 Å². The van der Waals surface area contributed by atoms with Crippen LogP contribution >= 0.6 is 0 Å². The Morgan fingerprint density at radius 2 is 1.74 bits per heavy atom. The number of hydrogen-bond donors (Lipinski definition) is 0. The monoisotopic (exact) mass is 329 g/mol. The minimum atomic E-state index is -3.26. The number of oxazole rings is 1. The number of rotatable bonds is 3. The Kier molecular flexibility index (Phi) is 3.69. The van der Waals surface area contributed by atoms with Crippen LogP contribution in [-0.2, 0) is 9.84 Å². The maximum Gasteiger partial charge on any atom is 0.424 e. The summed E-state index contributed by atoms with van der Waals surface area (Å²) in [6.45, 7) is 1.94. The van der Waals surface area contributed by atoms with Gasteiger partial charge in [-0.3, -0.25) is 0 Å². The first-order valence-corrected chi connectivity index (χ1v) is 8.83. The zero-order valence-corrected chi connectivity index (χ0v) is 13.5. The van der Waals surface area contributed by atoms with E-state index in [0.29, 0.717) is 16.9 Å². The molecule has 23 heavy (non-hydrogen) atoms. The van der Waals surface area contributed by atoms with Crippen molar-refractivity contribution in [3.63, 3.8) is 0 Å². The second kappa shape index (κ2) is 5.55. The summed E-state index contributed by atoms with van der Waals surface area (Å²) in [7, 11) is -3.26. The number of sulfone groups is 1. The van der Waals surface area contributed by atoms with Crippen molar-refractivity contribution in [1.29, 1.82) is 0 Å². The molecule has 6 heteroatoms. The Labute approximate surface area is 133 Å². The highest BCUT2D eigenvalue weighted by Crippen LogP contribution is 2.23. The normalized spacial score (nSPS) is 11.6. The van der Waals surface area contributed by atoms with Gasteiger partial charge in [0.25, 0.3) is 0 Å². The molecule has 0 aliphatic carbocycles. The molecule has 118 valence electrons. The number of aryl methyl sites for hydroxylation is 1. The smallest absolute Gasteiger partial charge is 0.415 e. The molecule has 0 bridgehead atoms. The molecule has 1 aromatic heterocycles. The SMILES string of the molecule is Cc1cccc(-n2c(-c3ccc(S(C)(=O)=O)cc3)coc2=O)c1. The quantitative estimate of drug-likeness (QED) is 0.741. The Balaban J connectivity index is 2.14. The lowest BCUT2D eigenvalue weighted by Gasteiger charge is -2.07. The highest BCUT2D eigenvalue weighted by Gasteiger charge is 2.14. The molecule has 3 rings (SSSR count). The highest BCUT2D eigenvalue weighted by atomic mass is 32.2. The molecule has 2 aromatic carbocycles. The molecule has 0 radical (unpaired) electrons. The first-order chi connectivity index (χ1) is 10.9. The van der Waals surface area contributed by atoms with E-state index in [9.17, 15) is 13.2 Å². The van der Waals surface area contributed by atoms with Gasteiger partial charge in [-0.25, -0.2) is 17.8 Å². The Bertz CT molecular complexity index is 1010. The van der Waals surface area contributed by atoms with E-state index in [4.69, 9.17) is 4.42 Å². The average molecular weight is 329 g/mol.